The molecule has 2 heterocycles. The first-order chi connectivity index (χ1) is 12.5. The molecule has 1 N–H and O–H groups in total. The Labute approximate surface area is 152 Å². The molecule has 2 aromatic rings. The maximum absolute atomic E-state index is 12.9. The summed E-state index contributed by atoms with van der Waals surface area (Å²) in [6.45, 7) is 0.972. The van der Waals surface area contributed by atoms with E-state index in [1.807, 2.05) is 0 Å². The van der Waals surface area contributed by atoms with Crippen LogP contribution >= 0.6 is 0 Å². The molecule has 0 radical (unpaired) electrons. The van der Waals surface area contributed by atoms with Crippen molar-refractivity contribution >= 4 is 15.9 Å². The van der Waals surface area contributed by atoms with Crippen LogP contribution in [0.4, 0.5) is 0 Å². The van der Waals surface area contributed by atoms with Gasteiger partial charge in [-0.1, -0.05) is 11.2 Å². The van der Waals surface area contributed by atoms with Crippen LogP contribution in [0.15, 0.2) is 46.0 Å². The highest BCUT2D eigenvalue weighted by atomic mass is 32.2. The van der Waals surface area contributed by atoms with Gasteiger partial charge in [-0.2, -0.15) is 4.31 Å². The predicted molar refractivity (Wildman–Crippen MR) is 92.9 cm³/mol. The first-order valence-electron chi connectivity index (χ1n) is 8.31. The zero-order valence-corrected chi connectivity index (χ0v) is 15.2. The van der Waals surface area contributed by atoms with E-state index in [2.05, 4.69) is 10.5 Å². The number of piperidine rings is 1. The summed E-state index contributed by atoms with van der Waals surface area (Å²) >= 11 is 0. The Morgan fingerprint density at radius 1 is 1.42 bits per heavy atom. The monoisotopic (exact) mass is 379 g/mol. The second kappa shape index (κ2) is 7.98. The van der Waals surface area contributed by atoms with E-state index in [-0.39, 0.29) is 29.0 Å². The van der Waals surface area contributed by atoms with E-state index in [0.29, 0.717) is 18.8 Å². The van der Waals surface area contributed by atoms with Crippen LogP contribution in [0.25, 0.3) is 0 Å². The minimum atomic E-state index is -3.67. The van der Waals surface area contributed by atoms with Crippen LogP contribution in [-0.4, -0.2) is 50.1 Å². The molecule has 8 nitrogen and oxygen atoms in total. The third-order valence-electron chi connectivity index (χ3n) is 4.33. The molecular formula is C17H21N3O5S. The summed E-state index contributed by atoms with van der Waals surface area (Å²) in [6, 6.07) is 7.68. The van der Waals surface area contributed by atoms with Crippen molar-refractivity contribution in [3.63, 3.8) is 0 Å². The summed E-state index contributed by atoms with van der Waals surface area (Å²) < 4.78 is 37.2. The number of carbonyl (C=O) groups is 1. The molecule has 0 spiro atoms. The zero-order valence-electron chi connectivity index (χ0n) is 14.4. The predicted octanol–water partition coefficient (Wildman–Crippen LogP) is 1.40. The quantitative estimate of drug-likeness (QED) is 0.814. The molecule has 0 saturated carbocycles. The van der Waals surface area contributed by atoms with Crippen molar-refractivity contribution in [3.8, 4) is 0 Å². The molecule has 1 aromatic carbocycles. The van der Waals surface area contributed by atoms with Crippen LogP contribution in [0, 0.1) is 0 Å². The number of nitrogens with one attached hydrogen (secondary N) is 1. The van der Waals surface area contributed by atoms with Gasteiger partial charge in [0.1, 0.15) is 12.0 Å². The number of aromatic nitrogens is 1. The summed E-state index contributed by atoms with van der Waals surface area (Å²) in [5, 5.41) is 6.40. The molecule has 1 amide bonds. The maximum Gasteiger partial charge on any atom is 0.251 e. The molecule has 1 aliphatic rings. The normalized spacial score (nSPS) is 18.6. The van der Waals surface area contributed by atoms with Gasteiger partial charge in [-0.05, 0) is 31.0 Å². The van der Waals surface area contributed by atoms with Crippen LogP contribution in [-0.2, 0) is 21.3 Å². The van der Waals surface area contributed by atoms with Gasteiger partial charge in [0.15, 0.2) is 0 Å². The third-order valence-corrected chi connectivity index (χ3v) is 6.19. The van der Waals surface area contributed by atoms with E-state index in [1.165, 1.54) is 22.7 Å². The summed E-state index contributed by atoms with van der Waals surface area (Å²) in [4.78, 5) is 12.4. The second-order valence-electron chi connectivity index (χ2n) is 6.06. The third kappa shape index (κ3) is 4.12. The Hall–Kier alpha value is -2.23. The number of sulfonamides is 1. The van der Waals surface area contributed by atoms with Crippen molar-refractivity contribution in [1.82, 2.24) is 14.8 Å². The van der Waals surface area contributed by atoms with E-state index in [0.717, 1.165) is 12.8 Å². The Bertz CT molecular complexity index is 851. The van der Waals surface area contributed by atoms with Crippen molar-refractivity contribution < 1.29 is 22.5 Å². The van der Waals surface area contributed by atoms with E-state index < -0.39 is 10.0 Å². The van der Waals surface area contributed by atoms with Crippen molar-refractivity contribution in [2.24, 2.45) is 0 Å². The highest BCUT2D eigenvalue weighted by molar-refractivity contribution is 7.89. The van der Waals surface area contributed by atoms with Crippen LogP contribution in [0.5, 0.6) is 0 Å². The fourth-order valence-electron chi connectivity index (χ4n) is 2.86. The Morgan fingerprint density at radius 3 is 3.00 bits per heavy atom. The van der Waals surface area contributed by atoms with Gasteiger partial charge in [-0.25, -0.2) is 8.42 Å². The van der Waals surface area contributed by atoms with Gasteiger partial charge in [-0.3, -0.25) is 4.79 Å². The van der Waals surface area contributed by atoms with E-state index in [4.69, 9.17) is 9.26 Å². The molecule has 3 rings (SSSR count). The molecule has 140 valence electrons. The van der Waals surface area contributed by atoms with Gasteiger partial charge < -0.3 is 14.6 Å². The van der Waals surface area contributed by atoms with Gasteiger partial charge in [0.05, 0.1) is 17.5 Å². The minimum Gasteiger partial charge on any atom is -0.380 e. The number of nitrogens with zero attached hydrogens (tertiary/aromatic N) is 2. The maximum atomic E-state index is 12.9. The molecule has 1 aromatic heterocycles. The second-order valence-corrected chi connectivity index (χ2v) is 8.00. The Balaban J connectivity index is 1.74. The molecule has 1 aliphatic heterocycles. The topological polar surface area (TPSA) is 102 Å². The lowest BCUT2D eigenvalue weighted by Gasteiger charge is -2.31. The Kier molecular flexibility index (Phi) is 5.70. The van der Waals surface area contributed by atoms with Gasteiger partial charge in [0.25, 0.3) is 5.91 Å². The van der Waals surface area contributed by atoms with Gasteiger partial charge in [-0.15, -0.1) is 0 Å². The summed E-state index contributed by atoms with van der Waals surface area (Å²) in [6.07, 6.45) is 2.90. The first kappa shape index (κ1) is 18.6. The average molecular weight is 379 g/mol. The lowest BCUT2D eigenvalue weighted by molar-refractivity contribution is 0.0572. The van der Waals surface area contributed by atoms with E-state index >= 15 is 0 Å². The van der Waals surface area contributed by atoms with Crippen LogP contribution in [0.2, 0.25) is 0 Å². The van der Waals surface area contributed by atoms with Crippen LogP contribution in [0.1, 0.15) is 28.9 Å². The molecule has 0 aliphatic carbocycles. The standard InChI is InChI=1S/C17H21N3O5S/c1-24-15-5-3-8-20(12-15)26(22,23)16-6-2-4-13(10-16)17(21)18-11-14-7-9-25-19-14/h2,4,6-7,9-10,15H,3,5,8,11-12H2,1H3,(H,18,21)/t15-/m1/s1. The number of hydrogen-bond acceptors (Lipinski definition) is 6. The molecule has 1 atom stereocenters. The number of amides is 1. The molecule has 1 saturated heterocycles. The average Bonchev–Trinajstić information content (AvgIpc) is 3.20. The fraction of sp³-hybridized carbons (Fsp3) is 0.412. The molecule has 0 unspecified atom stereocenters. The largest absolute Gasteiger partial charge is 0.380 e. The highest BCUT2D eigenvalue weighted by Gasteiger charge is 2.30. The SMILES string of the molecule is CO[C@@H]1CCCN(S(=O)(=O)c2cccc(C(=O)NCc3ccon3)c2)C1. The first-order valence-corrected chi connectivity index (χ1v) is 9.75. The van der Waals surface area contributed by atoms with E-state index in [9.17, 15) is 13.2 Å². The number of methoxy groups -OCH3 is 1. The number of hydrogen-bond donors (Lipinski definition) is 1. The number of benzene rings is 1. The van der Waals surface area contributed by atoms with Gasteiger partial charge in [0.2, 0.25) is 10.0 Å². The highest BCUT2D eigenvalue weighted by Crippen LogP contribution is 2.22. The summed E-state index contributed by atoms with van der Waals surface area (Å²) in [7, 11) is -2.09. The van der Waals surface area contributed by atoms with Crippen molar-refractivity contribution in [3.05, 3.63) is 47.9 Å². The minimum absolute atomic E-state index is 0.100. The van der Waals surface area contributed by atoms with Crippen LogP contribution < -0.4 is 5.32 Å². The smallest absolute Gasteiger partial charge is 0.251 e. The lowest BCUT2D eigenvalue weighted by atomic mass is 10.1. The molecule has 0 bridgehead atoms. The Morgan fingerprint density at radius 2 is 2.27 bits per heavy atom. The van der Waals surface area contributed by atoms with Gasteiger partial charge in [0, 0.05) is 31.8 Å². The van der Waals surface area contributed by atoms with E-state index in [1.54, 1.807) is 25.3 Å². The number of rotatable bonds is 6. The van der Waals surface area contributed by atoms with Crippen molar-refractivity contribution in [1.29, 1.82) is 0 Å². The molecule has 9 heteroatoms. The zero-order chi connectivity index (χ0) is 18.6. The molecule has 26 heavy (non-hydrogen) atoms. The summed E-state index contributed by atoms with van der Waals surface area (Å²) in [5.74, 6) is -0.376. The van der Waals surface area contributed by atoms with Crippen molar-refractivity contribution in [2.45, 2.75) is 30.4 Å². The summed E-state index contributed by atoms with van der Waals surface area (Å²) in [5.41, 5.74) is 0.857. The number of ether oxygens (including phenoxy) is 1. The number of carbonyl (C=O) groups excluding carboxylic acids is 1. The van der Waals surface area contributed by atoms with Crippen molar-refractivity contribution in [2.75, 3.05) is 20.2 Å². The molecular weight excluding hydrogens is 358 g/mol. The molecule has 1 fully saturated rings. The van der Waals surface area contributed by atoms with Gasteiger partial charge >= 0.3 is 0 Å². The lowest BCUT2D eigenvalue weighted by Crippen LogP contribution is -2.42. The fourth-order valence-corrected chi connectivity index (χ4v) is 4.42. The van der Waals surface area contributed by atoms with Crippen LogP contribution in [0.3, 0.4) is 0 Å².